The summed E-state index contributed by atoms with van der Waals surface area (Å²) in [5.74, 6) is 0.825. The van der Waals surface area contributed by atoms with Gasteiger partial charge < -0.3 is 15.4 Å². The van der Waals surface area contributed by atoms with E-state index in [1.165, 1.54) is 38.6 Å². The topological polar surface area (TPSA) is 33.3 Å². The Morgan fingerprint density at radius 2 is 2.13 bits per heavy atom. The van der Waals surface area contributed by atoms with E-state index in [0.29, 0.717) is 6.04 Å². The van der Waals surface area contributed by atoms with E-state index in [1.807, 2.05) is 0 Å². The van der Waals surface area contributed by atoms with Crippen molar-refractivity contribution >= 4 is 0 Å². The molecule has 0 aromatic heterocycles. The SMILES string of the molecule is CNC(CC1CCCN1)C1CCOCC1. The fourth-order valence-corrected chi connectivity index (χ4v) is 2.93. The molecule has 2 atom stereocenters. The van der Waals surface area contributed by atoms with Gasteiger partial charge in [0.25, 0.3) is 0 Å². The highest BCUT2D eigenvalue weighted by Gasteiger charge is 2.26. The van der Waals surface area contributed by atoms with Crippen LogP contribution in [-0.2, 0) is 4.74 Å². The molecule has 0 amide bonds. The normalized spacial score (nSPS) is 30.6. The molecule has 88 valence electrons. The fraction of sp³-hybridized carbons (Fsp3) is 1.00. The van der Waals surface area contributed by atoms with Crippen LogP contribution in [0.5, 0.6) is 0 Å². The van der Waals surface area contributed by atoms with Crippen LogP contribution in [0.1, 0.15) is 32.1 Å². The summed E-state index contributed by atoms with van der Waals surface area (Å²) < 4.78 is 5.42. The minimum Gasteiger partial charge on any atom is -0.381 e. The molecule has 0 bridgehead atoms. The van der Waals surface area contributed by atoms with Gasteiger partial charge in [-0.3, -0.25) is 0 Å². The molecular formula is C12H24N2O. The molecule has 0 spiro atoms. The van der Waals surface area contributed by atoms with Crippen LogP contribution in [-0.4, -0.2) is 38.9 Å². The molecule has 2 aliphatic rings. The summed E-state index contributed by atoms with van der Waals surface area (Å²) in [6, 6.07) is 1.44. The van der Waals surface area contributed by atoms with E-state index in [2.05, 4.69) is 17.7 Å². The molecule has 0 aromatic carbocycles. The molecular weight excluding hydrogens is 188 g/mol. The van der Waals surface area contributed by atoms with Crippen LogP contribution in [0, 0.1) is 5.92 Å². The quantitative estimate of drug-likeness (QED) is 0.733. The van der Waals surface area contributed by atoms with E-state index < -0.39 is 0 Å². The van der Waals surface area contributed by atoms with Gasteiger partial charge in [-0.25, -0.2) is 0 Å². The summed E-state index contributed by atoms with van der Waals surface area (Å²) in [6.45, 7) is 3.14. The molecule has 2 saturated heterocycles. The Hall–Kier alpha value is -0.120. The van der Waals surface area contributed by atoms with Gasteiger partial charge in [-0.05, 0) is 51.6 Å². The Balaban J connectivity index is 1.79. The van der Waals surface area contributed by atoms with Gasteiger partial charge in [0, 0.05) is 25.3 Å². The zero-order chi connectivity index (χ0) is 10.5. The zero-order valence-electron chi connectivity index (χ0n) is 9.80. The van der Waals surface area contributed by atoms with Gasteiger partial charge in [0.05, 0.1) is 0 Å². The minimum absolute atomic E-state index is 0.685. The van der Waals surface area contributed by atoms with Crippen molar-refractivity contribution in [1.82, 2.24) is 10.6 Å². The standard InChI is InChI=1S/C12H24N2O/c1-13-12(9-11-3-2-6-14-11)10-4-7-15-8-5-10/h10-14H,2-9H2,1H3. The molecule has 15 heavy (non-hydrogen) atoms. The summed E-state index contributed by atoms with van der Waals surface area (Å²) in [5.41, 5.74) is 0. The molecule has 0 radical (unpaired) electrons. The van der Waals surface area contributed by atoms with E-state index in [-0.39, 0.29) is 0 Å². The molecule has 3 heteroatoms. The maximum absolute atomic E-state index is 5.42. The Morgan fingerprint density at radius 1 is 1.33 bits per heavy atom. The first-order valence-corrected chi connectivity index (χ1v) is 6.38. The van der Waals surface area contributed by atoms with Crippen LogP contribution in [0.2, 0.25) is 0 Å². The van der Waals surface area contributed by atoms with Gasteiger partial charge in [-0.15, -0.1) is 0 Å². The summed E-state index contributed by atoms with van der Waals surface area (Å²) in [4.78, 5) is 0. The number of hydrogen-bond acceptors (Lipinski definition) is 3. The van der Waals surface area contributed by atoms with Crippen LogP contribution in [0.25, 0.3) is 0 Å². The second-order valence-corrected chi connectivity index (χ2v) is 4.87. The molecule has 2 aliphatic heterocycles. The summed E-state index contributed by atoms with van der Waals surface area (Å²) in [6.07, 6.45) is 6.48. The lowest BCUT2D eigenvalue weighted by molar-refractivity contribution is 0.0524. The predicted octanol–water partition coefficient (Wildman–Crippen LogP) is 1.14. The van der Waals surface area contributed by atoms with Crippen molar-refractivity contribution in [2.24, 2.45) is 5.92 Å². The molecule has 2 rings (SSSR count). The molecule has 0 aliphatic carbocycles. The van der Waals surface area contributed by atoms with Gasteiger partial charge in [0.2, 0.25) is 0 Å². The summed E-state index contributed by atoms with van der Waals surface area (Å²) in [5, 5.41) is 7.09. The van der Waals surface area contributed by atoms with Crippen LogP contribution in [0.4, 0.5) is 0 Å². The van der Waals surface area contributed by atoms with Gasteiger partial charge in [0.1, 0.15) is 0 Å². The molecule has 2 N–H and O–H groups in total. The second kappa shape index (κ2) is 5.83. The van der Waals surface area contributed by atoms with Gasteiger partial charge in [-0.2, -0.15) is 0 Å². The maximum Gasteiger partial charge on any atom is 0.0469 e. The summed E-state index contributed by atoms with van der Waals surface area (Å²) >= 11 is 0. The Kier molecular flexibility index (Phi) is 4.42. The third-order valence-corrected chi connectivity index (χ3v) is 3.91. The fourth-order valence-electron chi connectivity index (χ4n) is 2.93. The maximum atomic E-state index is 5.42. The highest BCUT2D eigenvalue weighted by Crippen LogP contribution is 2.23. The van der Waals surface area contributed by atoms with Gasteiger partial charge in [0.15, 0.2) is 0 Å². The predicted molar refractivity (Wildman–Crippen MR) is 62.0 cm³/mol. The van der Waals surface area contributed by atoms with Crippen molar-refractivity contribution < 1.29 is 4.74 Å². The van der Waals surface area contributed by atoms with Crippen molar-refractivity contribution in [2.45, 2.75) is 44.2 Å². The average molecular weight is 212 g/mol. The molecule has 2 fully saturated rings. The lowest BCUT2D eigenvalue weighted by Gasteiger charge is -2.31. The molecule has 2 heterocycles. The van der Waals surface area contributed by atoms with Crippen molar-refractivity contribution in [3.05, 3.63) is 0 Å². The minimum atomic E-state index is 0.685. The molecule has 0 saturated carbocycles. The van der Waals surface area contributed by atoms with E-state index in [0.717, 1.165) is 25.2 Å². The Bertz CT molecular complexity index is 174. The second-order valence-electron chi connectivity index (χ2n) is 4.87. The number of nitrogens with one attached hydrogen (secondary N) is 2. The van der Waals surface area contributed by atoms with Crippen LogP contribution in [0.15, 0.2) is 0 Å². The first-order chi connectivity index (χ1) is 7.40. The lowest BCUT2D eigenvalue weighted by atomic mass is 9.87. The Morgan fingerprint density at radius 3 is 2.73 bits per heavy atom. The summed E-state index contributed by atoms with van der Waals surface area (Å²) in [7, 11) is 2.11. The van der Waals surface area contributed by atoms with Crippen molar-refractivity contribution in [3.63, 3.8) is 0 Å². The van der Waals surface area contributed by atoms with Crippen molar-refractivity contribution in [3.8, 4) is 0 Å². The van der Waals surface area contributed by atoms with Crippen LogP contribution >= 0.6 is 0 Å². The van der Waals surface area contributed by atoms with Crippen molar-refractivity contribution in [2.75, 3.05) is 26.8 Å². The van der Waals surface area contributed by atoms with Crippen LogP contribution in [0.3, 0.4) is 0 Å². The molecule has 2 unspecified atom stereocenters. The van der Waals surface area contributed by atoms with Gasteiger partial charge >= 0.3 is 0 Å². The van der Waals surface area contributed by atoms with Crippen molar-refractivity contribution in [1.29, 1.82) is 0 Å². The smallest absolute Gasteiger partial charge is 0.0469 e. The van der Waals surface area contributed by atoms with E-state index in [9.17, 15) is 0 Å². The number of rotatable bonds is 4. The van der Waals surface area contributed by atoms with Gasteiger partial charge in [-0.1, -0.05) is 0 Å². The monoisotopic (exact) mass is 212 g/mol. The van der Waals surface area contributed by atoms with Crippen LogP contribution < -0.4 is 10.6 Å². The number of hydrogen-bond donors (Lipinski definition) is 2. The average Bonchev–Trinajstić information content (AvgIpc) is 2.80. The van der Waals surface area contributed by atoms with E-state index >= 15 is 0 Å². The molecule has 3 nitrogen and oxygen atoms in total. The first-order valence-electron chi connectivity index (χ1n) is 6.38. The third-order valence-electron chi connectivity index (χ3n) is 3.91. The first kappa shape index (κ1) is 11.4. The Labute approximate surface area is 93.0 Å². The van der Waals surface area contributed by atoms with E-state index in [1.54, 1.807) is 0 Å². The largest absolute Gasteiger partial charge is 0.381 e. The lowest BCUT2D eigenvalue weighted by Crippen LogP contribution is -2.41. The molecule has 0 aromatic rings. The third kappa shape index (κ3) is 3.16. The highest BCUT2D eigenvalue weighted by atomic mass is 16.5. The highest BCUT2D eigenvalue weighted by molar-refractivity contribution is 4.84. The van der Waals surface area contributed by atoms with E-state index in [4.69, 9.17) is 4.74 Å². The zero-order valence-corrected chi connectivity index (χ0v) is 9.80. The number of ether oxygens (including phenoxy) is 1.